The van der Waals surface area contributed by atoms with Gasteiger partial charge in [0.15, 0.2) is 5.11 Å². The minimum atomic E-state index is 0.0129. The lowest BCUT2D eigenvalue weighted by Crippen LogP contribution is -2.44. The van der Waals surface area contributed by atoms with Crippen LogP contribution in [0.1, 0.15) is 18.4 Å². The summed E-state index contributed by atoms with van der Waals surface area (Å²) in [5, 5.41) is 3.43. The van der Waals surface area contributed by atoms with Gasteiger partial charge in [-0.1, -0.05) is 18.2 Å². The number of hydrazine groups is 1. The number of thiocarbonyl (C=S) groups is 1. The van der Waals surface area contributed by atoms with Crippen LogP contribution < -0.4 is 16.2 Å². The molecule has 2 rings (SSSR count). The van der Waals surface area contributed by atoms with Crippen molar-refractivity contribution in [3.8, 4) is 0 Å². The van der Waals surface area contributed by atoms with Gasteiger partial charge in [0.2, 0.25) is 5.91 Å². The fourth-order valence-corrected chi connectivity index (χ4v) is 1.59. The lowest BCUT2D eigenvalue weighted by molar-refractivity contribution is -0.122. The van der Waals surface area contributed by atoms with E-state index in [9.17, 15) is 4.79 Å². The average Bonchev–Trinajstić information content (AvgIpc) is 3.13. The molecule has 1 saturated carbocycles. The minimum Gasteiger partial charge on any atom is -0.331 e. The molecule has 1 aliphatic rings. The first-order valence-electron chi connectivity index (χ1n) is 5.59. The minimum absolute atomic E-state index is 0.0129. The quantitative estimate of drug-likeness (QED) is 0.552. The van der Waals surface area contributed by atoms with Crippen LogP contribution in [0, 0.1) is 12.8 Å². The Morgan fingerprint density at radius 2 is 2.00 bits per heavy atom. The van der Waals surface area contributed by atoms with Crippen molar-refractivity contribution in [1.82, 2.24) is 10.9 Å². The number of nitrogens with one attached hydrogen (secondary N) is 3. The van der Waals surface area contributed by atoms with Gasteiger partial charge in [0.05, 0.1) is 0 Å². The molecule has 0 heterocycles. The molecule has 1 aromatic rings. The molecule has 4 nitrogen and oxygen atoms in total. The lowest BCUT2D eigenvalue weighted by atomic mass is 10.2. The van der Waals surface area contributed by atoms with Crippen molar-refractivity contribution in [2.75, 3.05) is 5.32 Å². The zero-order valence-electron chi connectivity index (χ0n) is 9.62. The van der Waals surface area contributed by atoms with Crippen LogP contribution in [0.2, 0.25) is 0 Å². The van der Waals surface area contributed by atoms with Crippen molar-refractivity contribution in [1.29, 1.82) is 0 Å². The van der Waals surface area contributed by atoms with Crippen LogP contribution in [-0.2, 0) is 4.79 Å². The summed E-state index contributed by atoms with van der Waals surface area (Å²) in [7, 11) is 0. The molecule has 0 bridgehead atoms. The van der Waals surface area contributed by atoms with E-state index < -0.39 is 0 Å². The van der Waals surface area contributed by atoms with Crippen molar-refractivity contribution in [2.45, 2.75) is 19.8 Å². The summed E-state index contributed by atoms with van der Waals surface area (Å²) < 4.78 is 0. The van der Waals surface area contributed by atoms with E-state index in [1.165, 1.54) is 0 Å². The predicted octanol–water partition coefficient (Wildman–Crippen LogP) is 1.72. The smallest absolute Gasteiger partial charge is 0.241 e. The molecule has 1 aliphatic carbocycles. The van der Waals surface area contributed by atoms with Crippen LogP contribution in [0.25, 0.3) is 0 Å². The van der Waals surface area contributed by atoms with Gasteiger partial charge in [-0.25, -0.2) is 0 Å². The first kappa shape index (κ1) is 11.9. The van der Waals surface area contributed by atoms with Crippen molar-refractivity contribution >= 4 is 28.9 Å². The fraction of sp³-hybridized carbons (Fsp3) is 0.333. The number of benzene rings is 1. The molecule has 5 heteroatoms. The highest BCUT2D eigenvalue weighted by Gasteiger charge is 2.29. The van der Waals surface area contributed by atoms with Crippen LogP contribution in [0.4, 0.5) is 5.69 Å². The van der Waals surface area contributed by atoms with E-state index in [4.69, 9.17) is 12.2 Å². The third-order valence-corrected chi connectivity index (χ3v) is 2.84. The molecule has 90 valence electrons. The Balaban J connectivity index is 1.80. The van der Waals surface area contributed by atoms with Gasteiger partial charge in [0.25, 0.3) is 0 Å². The van der Waals surface area contributed by atoms with Crippen LogP contribution >= 0.6 is 12.2 Å². The number of rotatable bonds is 2. The van der Waals surface area contributed by atoms with Crippen molar-refractivity contribution in [2.24, 2.45) is 5.92 Å². The Kier molecular flexibility index (Phi) is 3.58. The summed E-state index contributed by atoms with van der Waals surface area (Å²) in [5.41, 5.74) is 7.33. The molecule has 3 N–H and O–H groups in total. The van der Waals surface area contributed by atoms with Crippen LogP contribution in [0.15, 0.2) is 24.3 Å². The van der Waals surface area contributed by atoms with Crippen LogP contribution in [0.5, 0.6) is 0 Å². The maximum Gasteiger partial charge on any atom is 0.241 e. The van der Waals surface area contributed by atoms with Gasteiger partial charge in [-0.3, -0.25) is 15.6 Å². The number of anilines is 1. The summed E-state index contributed by atoms with van der Waals surface area (Å²) in [6, 6.07) is 7.83. The normalized spacial score (nSPS) is 13.9. The maximum atomic E-state index is 11.4. The second-order valence-corrected chi connectivity index (χ2v) is 4.57. The van der Waals surface area contributed by atoms with E-state index in [0.717, 1.165) is 24.1 Å². The first-order chi connectivity index (χ1) is 8.16. The summed E-state index contributed by atoms with van der Waals surface area (Å²) in [6.07, 6.45) is 1.96. The van der Waals surface area contributed by atoms with Gasteiger partial charge in [-0.2, -0.15) is 0 Å². The zero-order valence-corrected chi connectivity index (χ0v) is 10.4. The Hall–Kier alpha value is -1.62. The first-order valence-corrected chi connectivity index (χ1v) is 6.00. The third kappa shape index (κ3) is 3.42. The van der Waals surface area contributed by atoms with Gasteiger partial charge in [-0.15, -0.1) is 0 Å². The number of amides is 1. The van der Waals surface area contributed by atoms with Gasteiger partial charge in [0, 0.05) is 11.6 Å². The molecule has 0 spiro atoms. The number of aryl methyl sites for hydroxylation is 1. The highest BCUT2D eigenvalue weighted by molar-refractivity contribution is 7.80. The van der Waals surface area contributed by atoms with Crippen molar-refractivity contribution < 1.29 is 4.79 Å². The molecule has 0 aliphatic heterocycles. The topological polar surface area (TPSA) is 53.2 Å². The van der Waals surface area contributed by atoms with E-state index in [2.05, 4.69) is 16.2 Å². The molecule has 1 aromatic carbocycles. The molecule has 0 aromatic heterocycles. The summed E-state index contributed by atoms with van der Waals surface area (Å²) in [5.74, 6) is 0.183. The monoisotopic (exact) mass is 249 g/mol. The number of carbonyl (C=O) groups is 1. The molecular formula is C12H15N3OS. The number of hydrogen-bond acceptors (Lipinski definition) is 2. The van der Waals surface area contributed by atoms with Crippen molar-refractivity contribution in [3.05, 3.63) is 29.8 Å². The largest absolute Gasteiger partial charge is 0.331 e. The Morgan fingerprint density at radius 1 is 1.29 bits per heavy atom. The molecule has 17 heavy (non-hydrogen) atoms. The van der Waals surface area contributed by atoms with E-state index >= 15 is 0 Å². The van der Waals surface area contributed by atoms with Gasteiger partial charge < -0.3 is 5.32 Å². The second-order valence-electron chi connectivity index (χ2n) is 4.16. The van der Waals surface area contributed by atoms with E-state index in [1.54, 1.807) is 0 Å². The Morgan fingerprint density at radius 3 is 2.65 bits per heavy atom. The van der Waals surface area contributed by atoms with Crippen LogP contribution in [-0.4, -0.2) is 11.0 Å². The highest BCUT2D eigenvalue weighted by Crippen LogP contribution is 2.28. The summed E-state index contributed by atoms with van der Waals surface area (Å²) in [6.45, 7) is 1.99. The lowest BCUT2D eigenvalue weighted by Gasteiger charge is -2.12. The number of para-hydroxylation sites is 1. The van der Waals surface area contributed by atoms with Crippen LogP contribution in [0.3, 0.4) is 0 Å². The van der Waals surface area contributed by atoms with E-state index in [-0.39, 0.29) is 11.8 Å². The molecule has 0 radical (unpaired) electrons. The molecule has 0 atom stereocenters. The van der Waals surface area contributed by atoms with Gasteiger partial charge >= 0.3 is 0 Å². The van der Waals surface area contributed by atoms with E-state index in [0.29, 0.717) is 5.11 Å². The Bertz CT molecular complexity index is 443. The fourth-order valence-electron chi connectivity index (χ4n) is 1.43. The SMILES string of the molecule is Cc1ccccc1NC(=S)NNC(=O)C1CC1. The zero-order chi connectivity index (χ0) is 12.3. The molecule has 1 fully saturated rings. The number of hydrogen-bond donors (Lipinski definition) is 3. The predicted molar refractivity (Wildman–Crippen MR) is 71.4 cm³/mol. The third-order valence-electron chi connectivity index (χ3n) is 2.64. The molecular weight excluding hydrogens is 234 g/mol. The maximum absolute atomic E-state index is 11.4. The molecule has 0 unspecified atom stereocenters. The highest BCUT2D eigenvalue weighted by atomic mass is 32.1. The molecule has 0 saturated heterocycles. The Labute approximate surface area is 106 Å². The number of carbonyl (C=O) groups excluding carboxylic acids is 1. The molecule has 1 amide bonds. The second kappa shape index (κ2) is 5.14. The van der Waals surface area contributed by atoms with Crippen molar-refractivity contribution in [3.63, 3.8) is 0 Å². The summed E-state index contributed by atoms with van der Waals surface area (Å²) in [4.78, 5) is 11.4. The van der Waals surface area contributed by atoms with Gasteiger partial charge in [0.1, 0.15) is 0 Å². The van der Waals surface area contributed by atoms with Gasteiger partial charge in [-0.05, 0) is 43.6 Å². The summed E-state index contributed by atoms with van der Waals surface area (Å²) >= 11 is 5.08. The average molecular weight is 249 g/mol. The standard InChI is InChI=1S/C12H15N3OS/c1-8-4-2-3-5-10(8)13-12(17)15-14-11(16)9-6-7-9/h2-5,9H,6-7H2,1H3,(H,14,16)(H2,13,15,17). The van der Waals surface area contributed by atoms with E-state index in [1.807, 2.05) is 31.2 Å².